The number of hydrogen-bond donors (Lipinski definition) is 0. The normalized spacial score (nSPS) is 23.2. The number of likely N-dealkylation sites (tertiary alicyclic amines) is 1. The minimum absolute atomic E-state index is 0. The first-order valence-corrected chi connectivity index (χ1v) is 9.27. The van der Waals surface area contributed by atoms with Crippen LogP contribution in [0.2, 0.25) is 0 Å². The molecule has 1 unspecified atom stereocenters. The summed E-state index contributed by atoms with van der Waals surface area (Å²) >= 11 is 0. The highest BCUT2D eigenvalue weighted by atomic mass is 35.5. The largest absolute Gasteiger partial charge is 0.312 e. The molecule has 0 aromatic heterocycles. The minimum Gasteiger partial charge on any atom is -0.312 e. The molecule has 4 heteroatoms. The average Bonchev–Trinajstić information content (AvgIpc) is 2.57. The third-order valence-electron chi connectivity index (χ3n) is 5.57. The van der Waals surface area contributed by atoms with Gasteiger partial charge in [0.1, 0.15) is 0 Å². The summed E-state index contributed by atoms with van der Waals surface area (Å²) < 4.78 is 0. The molecule has 3 nitrogen and oxygen atoms in total. The average molecular weight is 351 g/mol. The standard InChI is InChI=1S/C20H30N2O.ClH/c1-3-17-4-6-19(7-5-17)22-13-10-18(14-20(22)23)15-21-11-8-16(2)9-12-21;/h4-7,16,18H,3,8-15H2,1-2H3;1H. The third kappa shape index (κ3) is 4.73. The Kier molecular flexibility index (Phi) is 7.12. The Morgan fingerprint density at radius 2 is 1.71 bits per heavy atom. The number of hydrogen-bond acceptors (Lipinski definition) is 2. The summed E-state index contributed by atoms with van der Waals surface area (Å²) in [6.07, 6.45) is 5.52. The molecule has 0 aliphatic carbocycles. The van der Waals surface area contributed by atoms with Crippen LogP contribution in [0.3, 0.4) is 0 Å². The molecule has 0 radical (unpaired) electrons. The molecule has 0 saturated carbocycles. The number of rotatable bonds is 4. The molecule has 134 valence electrons. The number of benzene rings is 1. The van der Waals surface area contributed by atoms with Crippen molar-refractivity contribution in [3.8, 4) is 0 Å². The van der Waals surface area contributed by atoms with E-state index in [0.717, 1.165) is 37.5 Å². The van der Waals surface area contributed by atoms with Crippen molar-refractivity contribution >= 4 is 24.0 Å². The predicted octanol–water partition coefficient (Wildman–Crippen LogP) is 4.15. The molecule has 2 saturated heterocycles. The van der Waals surface area contributed by atoms with Gasteiger partial charge in [-0.3, -0.25) is 4.79 Å². The third-order valence-corrected chi connectivity index (χ3v) is 5.57. The van der Waals surface area contributed by atoms with Crippen molar-refractivity contribution in [1.82, 2.24) is 4.90 Å². The van der Waals surface area contributed by atoms with Crippen molar-refractivity contribution in [2.75, 3.05) is 31.1 Å². The summed E-state index contributed by atoms with van der Waals surface area (Å²) in [6, 6.07) is 8.49. The van der Waals surface area contributed by atoms with Gasteiger partial charge in [-0.1, -0.05) is 26.0 Å². The lowest BCUT2D eigenvalue weighted by atomic mass is 9.93. The van der Waals surface area contributed by atoms with E-state index >= 15 is 0 Å². The number of carbonyl (C=O) groups excluding carboxylic acids is 1. The Hall–Kier alpha value is -1.06. The number of halogens is 1. The first-order valence-electron chi connectivity index (χ1n) is 9.27. The Morgan fingerprint density at radius 1 is 1.04 bits per heavy atom. The predicted molar refractivity (Wildman–Crippen MR) is 103 cm³/mol. The number of amides is 1. The maximum atomic E-state index is 12.6. The van der Waals surface area contributed by atoms with E-state index in [9.17, 15) is 4.79 Å². The highest BCUT2D eigenvalue weighted by molar-refractivity contribution is 5.94. The van der Waals surface area contributed by atoms with Gasteiger partial charge in [0.05, 0.1) is 0 Å². The van der Waals surface area contributed by atoms with Gasteiger partial charge in [0.25, 0.3) is 0 Å². The van der Waals surface area contributed by atoms with Gasteiger partial charge in [0, 0.05) is 25.2 Å². The fraction of sp³-hybridized carbons (Fsp3) is 0.650. The molecule has 24 heavy (non-hydrogen) atoms. The Labute approximate surface area is 152 Å². The molecule has 3 rings (SSSR count). The quantitative estimate of drug-likeness (QED) is 0.814. The van der Waals surface area contributed by atoms with Crippen LogP contribution >= 0.6 is 12.4 Å². The summed E-state index contributed by atoms with van der Waals surface area (Å²) in [6.45, 7) is 8.93. The zero-order chi connectivity index (χ0) is 16.2. The number of anilines is 1. The van der Waals surface area contributed by atoms with Crippen LogP contribution in [0.5, 0.6) is 0 Å². The van der Waals surface area contributed by atoms with Gasteiger partial charge in [0.2, 0.25) is 5.91 Å². The second kappa shape index (κ2) is 8.87. The fourth-order valence-electron chi connectivity index (χ4n) is 3.85. The molecule has 1 aromatic carbocycles. The molecule has 1 amide bonds. The van der Waals surface area contributed by atoms with Gasteiger partial charge in [-0.25, -0.2) is 0 Å². The van der Waals surface area contributed by atoms with Crippen LogP contribution in [0.25, 0.3) is 0 Å². The summed E-state index contributed by atoms with van der Waals surface area (Å²) in [5.41, 5.74) is 2.40. The van der Waals surface area contributed by atoms with Crippen LogP contribution in [0, 0.1) is 11.8 Å². The van der Waals surface area contributed by atoms with E-state index in [1.165, 1.54) is 31.5 Å². The molecule has 2 heterocycles. The van der Waals surface area contributed by atoms with E-state index in [4.69, 9.17) is 0 Å². The van der Waals surface area contributed by atoms with Crippen LogP contribution in [0.1, 0.15) is 45.1 Å². The lowest BCUT2D eigenvalue weighted by Gasteiger charge is -2.37. The molecule has 0 N–H and O–H groups in total. The van der Waals surface area contributed by atoms with Crippen LogP contribution < -0.4 is 4.90 Å². The number of aryl methyl sites for hydroxylation is 1. The molecular weight excluding hydrogens is 320 g/mol. The maximum Gasteiger partial charge on any atom is 0.227 e. The second-order valence-corrected chi connectivity index (χ2v) is 7.41. The maximum absolute atomic E-state index is 12.6. The van der Waals surface area contributed by atoms with Gasteiger partial charge in [-0.2, -0.15) is 0 Å². The first-order chi connectivity index (χ1) is 11.2. The SMILES string of the molecule is CCc1ccc(N2CCC(CN3CCC(C)CC3)CC2=O)cc1.Cl. The zero-order valence-corrected chi connectivity index (χ0v) is 15.9. The van der Waals surface area contributed by atoms with Crippen molar-refractivity contribution in [1.29, 1.82) is 0 Å². The summed E-state index contributed by atoms with van der Waals surface area (Å²) in [4.78, 5) is 17.1. The Balaban J connectivity index is 0.00000208. The minimum atomic E-state index is 0. The molecule has 0 bridgehead atoms. The molecule has 2 aliphatic heterocycles. The summed E-state index contributed by atoms with van der Waals surface area (Å²) in [7, 11) is 0. The Morgan fingerprint density at radius 3 is 2.29 bits per heavy atom. The molecule has 1 aromatic rings. The van der Waals surface area contributed by atoms with Gasteiger partial charge in [0.15, 0.2) is 0 Å². The van der Waals surface area contributed by atoms with Crippen LogP contribution in [0.15, 0.2) is 24.3 Å². The second-order valence-electron chi connectivity index (χ2n) is 7.41. The fourth-order valence-corrected chi connectivity index (χ4v) is 3.85. The molecule has 2 aliphatic rings. The van der Waals surface area contributed by atoms with E-state index in [0.29, 0.717) is 18.2 Å². The first kappa shape index (κ1) is 19.3. The summed E-state index contributed by atoms with van der Waals surface area (Å²) in [5, 5.41) is 0. The van der Waals surface area contributed by atoms with Crippen molar-refractivity contribution in [3.05, 3.63) is 29.8 Å². The molecule has 0 spiro atoms. The van der Waals surface area contributed by atoms with Crippen LogP contribution in [-0.2, 0) is 11.2 Å². The van der Waals surface area contributed by atoms with Crippen LogP contribution in [0.4, 0.5) is 5.69 Å². The van der Waals surface area contributed by atoms with E-state index in [1.54, 1.807) is 0 Å². The van der Waals surface area contributed by atoms with E-state index in [2.05, 4.69) is 43.0 Å². The molecule has 2 fully saturated rings. The van der Waals surface area contributed by atoms with Crippen molar-refractivity contribution < 1.29 is 4.79 Å². The van der Waals surface area contributed by atoms with Gasteiger partial charge >= 0.3 is 0 Å². The van der Waals surface area contributed by atoms with Gasteiger partial charge in [-0.05, 0) is 68.3 Å². The smallest absolute Gasteiger partial charge is 0.227 e. The highest BCUT2D eigenvalue weighted by Crippen LogP contribution is 2.26. The van der Waals surface area contributed by atoms with E-state index < -0.39 is 0 Å². The number of piperidine rings is 2. The zero-order valence-electron chi connectivity index (χ0n) is 15.0. The van der Waals surface area contributed by atoms with Crippen molar-refractivity contribution in [2.24, 2.45) is 11.8 Å². The number of nitrogens with zero attached hydrogens (tertiary/aromatic N) is 2. The highest BCUT2D eigenvalue weighted by Gasteiger charge is 2.28. The topological polar surface area (TPSA) is 23.6 Å². The molecular formula is C20H31ClN2O. The number of carbonyl (C=O) groups is 1. The Bertz CT molecular complexity index is 523. The monoisotopic (exact) mass is 350 g/mol. The molecule has 1 atom stereocenters. The summed E-state index contributed by atoms with van der Waals surface area (Å²) in [5.74, 6) is 1.72. The van der Waals surface area contributed by atoms with Gasteiger partial charge < -0.3 is 9.80 Å². The lowest BCUT2D eigenvalue weighted by molar-refractivity contribution is -0.121. The van der Waals surface area contributed by atoms with Crippen LogP contribution in [-0.4, -0.2) is 37.0 Å². The van der Waals surface area contributed by atoms with E-state index in [-0.39, 0.29) is 12.4 Å². The van der Waals surface area contributed by atoms with Crippen molar-refractivity contribution in [3.63, 3.8) is 0 Å². The lowest BCUT2D eigenvalue weighted by Crippen LogP contribution is -2.44. The van der Waals surface area contributed by atoms with E-state index in [1.807, 2.05) is 4.90 Å². The van der Waals surface area contributed by atoms with Crippen molar-refractivity contribution in [2.45, 2.75) is 46.0 Å². The van der Waals surface area contributed by atoms with Gasteiger partial charge in [-0.15, -0.1) is 12.4 Å².